The van der Waals surface area contributed by atoms with Gasteiger partial charge in [-0.2, -0.15) is 0 Å². The normalized spacial score (nSPS) is 11.1. The number of aryl methyl sites for hydroxylation is 2. The van der Waals surface area contributed by atoms with E-state index in [1.54, 1.807) is 37.6 Å². The molecule has 154 valence electrons. The van der Waals surface area contributed by atoms with E-state index in [0.29, 0.717) is 39.5 Å². The Kier molecular flexibility index (Phi) is 4.95. The number of methoxy groups -OCH3 is 2. The van der Waals surface area contributed by atoms with E-state index in [1.165, 1.54) is 7.11 Å². The fourth-order valence-electron chi connectivity index (χ4n) is 3.50. The highest BCUT2D eigenvalue weighted by Crippen LogP contribution is 2.30. The van der Waals surface area contributed by atoms with Crippen LogP contribution >= 0.6 is 0 Å². The van der Waals surface area contributed by atoms with Crippen LogP contribution in [0.2, 0.25) is 0 Å². The molecule has 4 aromatic rings. The number of nitrogens with one attached hydrogen (secondary N) is 1. The summed E-state index contributed by atoms with van der Waals surface area (Å²) < 4.78 is 21.4. The van der Waals surface area contributed by atoms with Gasteiger partial charge in [-0.3, -0.25) is 4.79 Å². The van der Waals surface area contributed by atoms with Gasteiger partial charge in [0.25, 0.3) is 0 Å². The van der Waals surface area contributed by atoms with E-state index in [1.807, 2.05) is 19.9 Å². The van der Waals surface area contributed by atoms with Gasteiger partial charge in [-0.15, -0.1) is 0 Å². The minimum atomic E-state index is -0.542. The maximum Gasteiger partial charge on any atom is 0.340 e. The Bertz CT molecular complexity index is 1330. The van der Waals surface area contributed by atoms with Crippen molar-refractivity contribution >= 4 is 33.5 Å². The molecule has 2 heterocycles. The summed E-state index contributed by atoms with van der Waals surface area (Å²) in [4.78, 5) is 25.2. The average Bonchev–Trinajstić information content (AvgIpc) is 3.10. The Morgan fingerprint density at radius 1 is 1.03 bits per heavy atom. The molecule has 0 bridgehead atoms. The molecule has 30 heavy (non-hydrogen) atoms. The first-order valence-corrected chi connectivity index (χ1v) is 9.37. The number of benzene rings is 2. The van der Waals surface area contributed by atoms with Crippen molar-refractivity contribution < 1.29 is 23.1 Å². The largest absolute Gasteiger partial charge is 0.497 e. The monoisotopic (exact) mass is 407 g/mol. The first-order chi connectivity index (χ1) is 14.4. The molecular formula is C23H21NO6. The van der Waals surface area contributed by atoms with Crippen LogP contribution in [0.25, 0.3) is 21.9 Å². The molecule has 4 rings (SSSR count). The summed E-state index contributed by atoms with van der Waals surface area (Å²) in [7, 11) is 3.05. The van der Waals surface area contributed by atoms with Gasteiger partial charge in [-0.25, -0.2) is 4.79 Å². The second kappa shape index (κ2) is 7.59. The van der Waals surface area contributed by atoms with Crippen LogP contribution in [-0.2, 0) is 11.2 Å². The first-order valence-electron chi connectivity index (χ1n) is 9.37. The van der Waals surface area contributed by atoms with Crippen LogP contribution in [0.3, 0.4) is 0 Å². The predicted octanol–water partition coefficient (Wildman–Crippen LogP) is 4.35. The van der Waals surface area contributed by atoms with Crippen molar-refractivity contribution in [3.63, 3.8) is 0 Å². The van der Waals surface area contributed by atoms with E-state index in [-0.39, 0.29) is 12.3 Å². The molecule has 7 heteroatoms. The van der Waals surface area contributed by atoms with E-state index < -0.39 is 5.63 Å². The molecule has 1 N–H and O–H groups in total. The van der Waals surface area contributed by atoms with Crippen molar-refractivity contribution in [1.29, 1.82) is 0 Å². The van der Waals surface area contributed by atoms with Crippen LogP contribution in [-0.4, -0.2) is 20.1 Å². The predicted molar refractivity (Wildman–Crippen MR) is 114 cm³/mol. The number of hydrogen-bond acceptors (Lipinski definition) is 6. The summed E-state index contributed by atoms with van der Waals surface area (Å²) in [6, 6.07) is 8.70. The number of hydrogen-bond donors (Lipinski definition) is 1. The first kappa shape index (κ1) is 19.6. The third-order valence-corrected chi connectivity index (χ3v) is 5.20. The lowest BCUT2D eigenvalue weighted by molar-refractivity contribution is -0.115. The van der Waals surface area contributed by atoms with E-state index in [0.717, 1.165) is 16.3 Å². The molecule has 0 aliphatic carbocycles. The maximum absolute atomic E-state index is 12.7. The molecular weight excluding hydrogens is 386 g/mol. The van der Waals surface area contributed by atoms with Gasteiger partial charge in [0.2, 0.25) is 5.91 Å². The molecule has 7 nitrogen and oxygen atoms in total. The van der Waals surface area contributed by atoms with Gasteiger partial charge in [0.15, 0.2) is 0 Å². The second-order valence-electron chi connectivity index (χ2n) is 7.05. The number of anilines is 1. The van der Waals surface area contributed by atoms with Crippen LogP contribution in [0.15, 0.2) is 50.2 Å². The SMILES string of the molecule is COc1ccc(NC(=O)Cc2c(C)c3cc4c(C)coc4cc3oc2=O)c(OC)c1. The highest BCUT2D eigenvalue weighted by atomic mass is 16.5. The summed E-state index contributed by atoms with van der Waals surface area (Å²) in [5.41, 5.74) is 3.04. The number of fused-ring (bicyclic) bond motifs is 2. The third kappa shape index (κ3) is 3.39. The van der Waals surface area contributed by atoms with Gasteiger partial charge in [0.05, 0.1) is 38.2 Å². The van der Waals surface area contributed by atoms with Crippen molar-refractivity contribution in [2.45, 2.75) is 20.3 Å². The smallest absolute Gasteiger partial charge is 0.340 e. The van der Waals surface area contributed by atoms with E-state index >= 15 is 0 Å². The quantitative estimate of drug-likeness (QED) is 0.495. The van der Waals surface area contributed by atoms with Gasteiger partial charge in [0, 0.05) is 22.9 Å². The lowest BCUT2D eigenvalue weighted by Crippen LogP contribution is -2.21. The Labute approximate surface area is 172 Å². The highest BCUT2D eigenvalue weighted by molar-refractivity contribution is 5.98. The summed E-state index contributed by atoms with van der Waals surface area (Å²) in [6.45, 7) is 3.76. The molecule has 2 aromatic heterocycles. The van der Waals surface area contributed by atoms with Gasteiger partial charge in [-0.05, 0) is 43.2 Å². The van der Waals surface area contributed by atoms with Crippen LogP contribution in [0.4, 0.5) is 5.69 Å². The minimum absolute atomic E-state index is 0.123. The van der Waals surface area contributed by atoms with Gasteiger partial charge < -0.3 is 23.6 Å². The molecule has 2 aromatic carbocycles. The van der Waals surface area contributed by atoms with E-state index in [9.17, 15) is 9.59 Å². The molecule has 0 aliphatic heterocycles. The molecule has 0 saturated heterocycles. The zero-order chi connectivity index (χ0) is 21.4. The summed E-state index contributed by atoms with van der Waals surface area (Å²) in [6.07, 6.45) is 1.54. The van der Waals surface area contributed by atoms with Crippen LogP contribution in [0, 0.1) is 13.8 Å². The molecule has 0 aliphatic rings. The molecule has 0 spiro atoms. The summed E-state index contributed by atoms with van der Waals surface area (Å²) in [5, 5.41) is 4.50. The van der Waals surface area contributed by atoms with Crippen LogP contribution in [0.5, 0.6) is 11.5 Å². The molecule has 0 saturated carbocycles. The Hall–Kier alpha value is -3.74. The lowest BCUT2D eigenvalue weighted by atomic mass is 10.0. The third-order valence-electron chi connectivity index (χ3n) is 5.20. The van der Waals surface area contributed by atoms with Crippen molar-refractivity contribution in [2.75, 3.05) is 19.5 Å². The van der Waals surface area contributed by atoms with Gasteiger partial charge >= 0.3 is 5.63 Å². The van der Waals surface area contributed by atoms with Crippen LogP contribution < -0.4 is 20.4 Å². The van der Waals surface area contributed by atoms with Crippen molar-refractivity contribution in [2.24, 2.45) is 0 Å². The lowest BCUT2D eigenvalue weighted by Gasteiger charge is -2.12. The minimum Gasteiger partial charge on any atom is -0.497 e. The zero-order valence-electron chi connectivity index (χ0n) is 17.1. The highest BCUT2D eigenvalue weighted by Gasteiger charge is 2.18. The molecule has 1 amide bonds. The van der Waals surface area contributed by atoms with Crippen molar-refractivity contribution in [3.8, 4) is 11.5 Å². The second-order valence-corrected chi connectivity index (χ2v) is 7.05. The topological polar surface area (TPSA) is 90.9 Å². The van der Waals surface area contributed by atoms with Crippen LogP contribution in [0.1, 0.15) is 16.7 Å². The van der Waals surface area contributed by atoms with E-state index in [4.69, 9.17) is 18.3 Å². The average molecular weight is 407 g/mol. The number of furan rings is 1. The molecule has 0 fully saturated rings. The van der Waals surface area contributed by atoms with Crippen molar-refractivity contribution in [1.82, 2.24) is 0 Å². The Morgan fingerprint density at radius 3 is 2.57 bits per heavy atom. The number of rotatable bonds is 5. The number of carbonyl (C=O) groups is 1. The number of carbonyl (C=O) groups excluding carboxylic acids is 1. The fourth-order valence-corrected chi connectivity index (χ4v) is 3.50. The number of amides is 1. The molecule has 0 unspecified atom stereocenters. The molecule has 0 radical (unpaired) electrons. The summed E-state index contributed by atoms with van der Waals surface area (Å²) in [5.74, 6) is 0.716. The van der Waals surface area contributed by atoms with Gasteiger partial charge in [0.1, 0.15) is 22.7 Å². The Balaban J connectivity index is 1.68. The maximum atomic E-state index is 12.7. The fraction of sp³-hybridized carbons (Fsp3) is 0.217. The Morgan fingerprint density at radius 2 is 1.83 bits per heavy atom. The van der Waals surface area contributed by atoms with E-state index in [2.05, 4.69) is 5.32 Å². The van der Waals surface area contributed by atoms with Gasteiger partial charge in [-0.1, -0.05) is 0 Å². The standard InChI is InChI=1S/C23H21NO6/c1-12-11-29-19-10-20-16(8-15(12)19)13(2)17(23(26)30-20)9-22(25)24-18-6-5-14(27-3)7-21(18)28-4/h5-8,10-11H,9H2,1-4H3,(H,24,25). The zero-order valence-corrected chi connectivity index (χ0v) is 17.1. The summed E-state index contributed by atoms with van der Waals surface area (Å²) >= 11 is 0. The number of ether oxygens (including phenoxy) is 2. The van der Waals surface area contributed by atoms with Crippen molar-refractivity contribution in [3.05, 3.63) is 63.7 Å². The molecule has 0 atom stereocenters.